The average molecular weight is 372 g/mol. The van der Waals surface area contributed by atoms with Crippen molar-refractivity contribution >= 4 is 51.6 Å². The molecule has 2 heterocycles. The summed E-state index contributed by atoms with van der Waals surface area (Å²) in [6.45, 7) is 0.551. The molecule has 0 fully saturated rings. The van der Waals surface area contributed by atoms with Crippen LogP contribution in [0, 0.1) is 0 Å². The second-order valence-electron chi connectivity index (χ2n) is 4.71. The molecule has 0 amide bonds. The molecule has 2 aromatic heterocycles. The predicted octanol–water partition coefficient (Wildman–Crippen LogP) is 4.21. The van der Waals surface area contributed by atoms with Gasteiger partial charge in [-0.3, -0.25) is 4.57 Å². The maximum atomic E-state index is 11.9. The van der Waals surface area contributed by atoms with E-state index in [0.29, 0.717) is 27.2 Å². The Labute approximate surface area is 145 Å². The minimum Gasteiger partial charge on any atom is -0.462 e. The van der Waals surface area contributed by atoms with Gasteiger partial charge < -0.3 is 9.15 Å². The highest BCUT2D eigenvalue weighted by Crippen LogP contribution is 2.31. The number of aromatic nitrogens is 1. The third-order valence-corrected chi connectivity index (χ3v) is 4.70. The molecule has 120 valence electrons. The van der Waals surface area contributed by atoms with E-state index in [9.17, 15) is 9.59 Å². The lowest BCUT2D eigenvalue weighted by Gasteiger charge is -2.04. The van der Waals surface area contributed by atoms with E-state index in [1.807, 2.05) is 6.07 Å². The number of benzene rings is 1. The minimum absolute atomic E-state index is 0.161. The highest BCUT2D eigenvalue weighted by molar-refractivity contribution is 7.20. The zero-order chi connectivity index (χ0) is 16.4. The Morgan fingerprint density at radius 3 is 2.83 bits per heavy atom. The van der Waals surface area contributed by atoms with Crippen molar-refractivity contribution in [1.82, 2.24) is 4.57 Å². The summed E-state index contributed by atoms with van der Waals surface area (Å²) >= 11 is 12.8. The Morgan fingerprint density at radius 2 is 2.09 bits per heavy atom. The van der Waals surface area contributed by atoms with Crippen LogP contribution in [0.2, 0.25) is 8.67 Å². The lowest BCUT2D eigenvalue weighted by atomic mass is 10.3. The number of rotatable bonds is 5. The van der Waals surface area contributed by atoms with E-state index in [1.165, 1.54) is 10.6 Å². The maximum Gasteiger partial charge on any atom is 0.419 e. The maximum absolute atomic E-state index is 11.9. The van der Waals surface area contributed by atoms with Crippen LogP contribution in [0.5, 0.6) is 0 Å². The highest BCUT2D eigenvalue weighted by atomic mass is 35.5. The zero-order valence-corrected chi connectivity index (χ0v) is 14.1. The molecule has 3 rings (SSSR count). The fourth-order valence-corrected chi connectivity index (χ4v) is 3.61. The average Bonchev–Trinajstić information content (AvgIpc) is 3.02. The number of hydrogen-bond acceptors (Lipinski definition) is 5. The molecule has 8 heteroatoms. The molecule has 1 aromatic carbocycles. The number of esters is 1. The zero-order valence-electron chi connectivity index (χ0n) is 11.8. The molecule has 0 saturated carbocycles. The molecule has 0 radical (unpaired) electrons. The van der Waals surface area contributed by atoms with Crippen molar-refractivity contribution in [3.63, 3.8) is 0 Å². The lowest BCUT2D eigenvalue weighted by Crippen LogP contribution is -2.16. The fraction of sp³-hybridized carbons (Fsp3) is 0.200. The second kappa shape index (κ2) is 6.78. The number of halogens is 2. The minimum atomic E-state index is -0.525. The number of carbonyl (C=O) groups is 1. The van der Waals surface area contributed by atoms with E-state index < -0.39 is 11.7 Å². The number of aryl methyl sites for hydroxylation is 1. The van der Waals surface area contributed by atoms with Gasteiger partial charge in [0.1, 0.15) is 4.34 Å². The second-order valence-corrected chi connectivity index (χ2v) is 7.00. The van der Waals surface area contributed by atoms with Gasteiger partial charge in [-0.2, -0.15) is 0 Å². The van der Waals surface area contributed by atoms with Crippen molar-refractivity contribution in [3.05, 3.63) is 55.1 Å². The van der Waals surface area contributed by atoms with Gasteiger partial charge in [-0.1, -0.05) is 35.3 Å². The van der Waals surface area contributed by atoms with E-state index in [0.717, 1.165) is 16.9 Å². The highest BCUT2D eigenvalue weighted by Gasteiger charge is 2.15. The first-order valence-corrected chi connectivity index (χ1v) is 8.34. The Bertz CT molecular complexity index is 912. The molecular formula is C15H11Cl2NO4S. The molecule has 0 bridgehead atoms. The molecular weight excluding hydrogens is 361 g/mol. The molecule has 5 nitrogen and oxygen atoms in total. The van der Waals surface area contributed by atoms with Gasteiger partial charge in [0.25, 0.3) is 0 Å². The number of thiophene rings is 1. The van der Waals surface area contributed by atoms with Crippen LogP contribution in [-0.4, -0.2) is 17.1 Å². The van der Waals surface area contributed by atoms with Crippen molar-refractivity contribution in [2.45, 2.75) is 13.0 Å². The third-order valence-electron chi connectivity index (χ3n) is 3.21. The van der Waals surface area contributed by atoms with Gasteiger partial charge in [0.05, 0.1) is 22.0 Å². The molecule has 0 aliphatic carbocycles. The SMILES string of the molecule is O=C(OCCCn1c(=O)oc2ccccc21)c1cc(Cl)sc1Cl. The van der Waals surface area contributed by atoms with E-state index in [2.05, 4.69) is 0 Å². The molecule has 0 aliphatic heterocycles. The number of carbonyl (C=O) groups excluding carboxylic acids is 1. The van der Waals surface area contributed by atoms with Crippen molar-refractivity contribution < 1.29 is 13.9 Å². The van der Waals surface area contributed by atoms with Crippen LogP contribution in [0.1, 0.15) is 16.8 Å². The molecule has 0 spiro atoms. The van der Waals surface area contributed by atoms with Crippen LogP contribution in [-0.2, 0) is 11.3 Å². The number of hydrogen-bond donors (Lipinski definition) is 0. The van der Waals surface area contributed by atoms with Gasteiger partial charge >= 0.3 is 11.7 Å². The third kappa shape index (κ3) is 3.44. The Hall–Kier alpha value is -1.76. The summed E-state index contributed by atoms with van der Waals surface area (Å²) in [6, 6.07) is 8.64. The van der Waals surface area contributed by atoms with Crippen LogP contribution in [0.15, 0.2) is 39.5 Å². The van der Waals surface area contributed by atoms with Gasteiger partial charge in [0.2, 0.25) is 0 Å². The summed E-state index contributed by atoms with van der Waals surface area (Å²) in [5, 5.41) is 0. The van der Waals surface area contributed by atoms with Crippen molar-refractivity contribution in [2.75, 3.05) is 6.61 Å². The largest absolute Gasteiger partial charge is 0.462 e. The lowest BCUT2D eigenvalue weighted by molar-refractivity contribution is 0.0496. The van der Waals surface area contributed by atoms with Crippen LogP contribution in [0.25, 0.3) is 11.1 Å². The topological polar surface area (TPSA) is 61.4 Å². The molecule has 0 aliphatic rings. The van der Waals surface area contributed by atoms with Crippen LogP contribution >= 0.6 is 34.5 Å². The predicted molar refractivity (Wildman–Crippen MR) is 89.7 cm³/mol. The summed E-state index contributed by atoms with van der Waals surface area (Å²) in [6.07, 6.45) is 0.477. The first-order chi connectivity index (χ1) is 11.1. The summed E-state index contributed by atoms with van der Waals surface area (Å²) in [7, 11) is 0. The van der Waals surface area contributed by atoms with E-state index in [1.54, 1.807) is 18.2 Å². The monoisotopic (exact) mass is 371 g/mol. The summed E-state index contributed by atoms with van der Waals surface area (Å²) in [5.74, 6) is -0.951. The van der Waals surface area contributed by atoms with Crippen molar-refractivity contribution in [3.8, 4) is 0 Å². The molecule has 3 aromatic rings. The molecule has 0 unspecified atom stereocenters. The van der Waals surface area contributed by atoms with Gasteiger partial charge in [-0.05, 0) is 24.6 Å². The van der Waals surface area contributed by atoms with Gasteiger partial charge in [0.15, 0.2) is 5.58 Å². The summed E-state index contributed by atoms with van der Waals surface area (Å²) in [4.78, 5) is 23.7. The van der Waals surface area contributed by atoms with Gasteiger partial charge in [0, 0.05) is 6.54 Å². The molecule has 0 N–H and O–H groups in total. The van der Waals surface area contributed by atoms with Gasteiger partial charge in [-0.15, -0.1) is 11.3 Å². The van der Waals surface area contributed by atoms with Crippen LogP contribution in [0.4, 0.5) is 0 Å². The Balaban J connectivity index is 1.59. The fourth-order valence-electron chi connectivity index (χ4n) is 2.17. The molecule has 0 saturated heterocycles. The number of fused-ring (bicyclic) bond motifs is 1. The number of ether oxygens (including phenoxy) is 1. The number of oxazole rings is 1. The van der Waals surface area contributed by atoms with E-state index in [-0.39, 0.29) is 12.2 Å². The quantitative estimate of drug-likeness (QED) is 0.497. The van der Waals surface area contributed by atoms with Crippen LogP contribution in [0.3, 0.4) is 0 Å². The van der Waals surface area contributed by atoms with Crippen molar-refractivity contribution in [1.29, 1.82) is 0 Å². The van der Waals surface area contributed by atoms with Crippen molar-refractivity contribution in [2.24, 2.45) is 0 Å². The summed E-state index contributed by atoms with van der Waals surface area (Å²) < 4.78 is 12.5. The van der Waals surface area contributed by atoms with E-state index >= 15 is 0 Å². The van der Waals surface area contributed by atoms with Gasteiger partial charge in [-0.25, -0.2) is 9.59 Å². The number of nitrogens with zero attached hydrogens (tertiary/aromatic N) is 1. The number of para-hydroxylation sites is 2. The summed E-state index contributed by atoms with van der Waals surface area (Å²) in [5.41, 5.74) is 1.51. The Morgan fingerprint density at radius 1 is 1.30 bits per heavy atom. The Kier molecular flexibility index (Phi) is 4.75. The smallest absolute Gasteiger partial charge is 0.419 e. The van der Waals surface area contributed by atoms with E-state index in [4.69, 9.17) is 32.4 Å². The standard InChI is InChI=1S/C15H11Cl2NO4S/c16-12-8-9(13(17)23-12)14(19)21-7-3-6-18-10-4-1-2-5-11(10)22-15(18)20/h1-2,4-5,8H,3,6-7H2. The molecule has 23 heavy (non-hydrogen) atoms. The normalized spacial score (nSPS) is 11.0. The molecule has 0 atom stereocenters. The van der Waals surface area contributed by atoms with Crippen LogP contribution < -0.4 is 5.76 Å². The first-order valence-electron chi connectivity index (χ1n) is 6.76. The first kappa shape index (κ1) is 16.1.